The highest BCUT2D eigenvalue weighted by Gasteiger charge is 2.20. The van der Waals surface area contributed by atoms with Crippen LogP contribution in [0.15, 0.2) is 15.5 Å². The van der Waals surface area contributed by atoms with Crippen LogP contribution < -0.4 is 15.8 Å². The van der Waals surface area contributed by atoms with E-state index in [0.717, 1.165) is 38.2 Å². The van der Waals surface area contributed by atoms with Crippen molar-refractivity contribution in [2.45, 2.75) is 52.1 Å². The molecule has 2 rings (SSSR count). The fourth-order valence-electron chi connectivity index (χ4n) is 2.81. The first-order chi connectivity index (χ1) is 10.2. The minimum Gasteiger partial charge on any atom is -0.368 e. The summed E-state index contributed by atoms with van der Waals surface area (Å²) in [5, 5.41) is 7.84. The molecular formula is C15H25BrN4O. The molecular weight excluding hydrogens is 332 g/mol. The molecule has 0 aliphatic carbocycles. The predicted molar refractivity (Wildman–Crippen MR) is 90.0 cm³/mol. The largest absolute Gasteiger partial charge is 0.368 e. The summed E-state index contributed by atoms with van der Waals surface area (Å²) in [4.78, 5) is 14.6. The summed E-state index contributed by atoms with van der Waals surface area (Å²) in [5.74, 6) is 0. The van der Waals surface area contributed by atoms with Gasteiger partial charge in [0.15, 0.2) is 0 Å². The SMILES string of the molecule is CCCN(CC1CCCN1)c1cnn(CCC)c(=O)c1Br. The van der Waals surface area contributed by atoms with Gasteiger partial charge >= 0.3 is 0 Å². The maximum Gasteiger partial charge on any atom is 0.283 e. The first-order valence-corrected chi connectivity index (χ1v) is 8.70. The van der Waals surface area contributed by atoms with Gasteiger partial charge in [-0.1, -0.05) is 13.8 Å². The Labute approximate surface area is 134 Å². The quantitative estimate of drug-likeness (QED) is 0.814. The Hall–Kier alpha value is -0.880. The van der Waals surface area contributed by atoms with Crippen molar-refractivity contribution in [3.8, 4) is 0 Å². The molecule has 1 aromatic rings. The molecule has 0 bridgehead atoms. The van der Waals surface area contributed by atoms with Gasteiger partial charge in [-0.05, 0) is 48.2 Å². The second-order valence-corrected chi connectivity index (χ2v) is 6.40. The van der Waals surface area contributed by atoms with E-state index in [0.29, 0.717) is 17.1 Å². The van der Waals surface area contributed by atoms with E-state index in [-0.39, 0.29) is 5.56 Å². The van der Waals surface area contributed by atoms with Crippen molar-refractivity contribution in [3.63, 3.8) is 0 Å². The smallest absolute Gasteiger partial charge is 0.283 e. The second kappa shape index (κ2) is 7.94. The molecule has 1 aliphatic heterocycles. The van der Waals surface area contributed by atoms with Crippen molar-refractivity contribution in [2.75, 3.05) is 24.5 Å². The van der Waals surface area contributed by atoms with E-state index >= 15 is 0 Å². The maximum atomic E-state index is 12.3. The van der Waals surface area contributed by atoms with E-state index in [4.69, 9.17) is 0 Å². The molecule has 2 heterocycles. The topological polar surface area (TPSA) is 50.2 Å². The predicted octanol–water partition coefficient (Wildman–Crippen LogP) is 2.38. The van der Waals surface area contributed by atoms with Crippen LogP contribution in [-0.2, 0) is 6.54 Å². The highest BCUT2D eigenvalue weighted by molar-refractivity contribution is 9.10. The number of nitrogens with one attached hydrogen (secondary N) is 1. The minimum atomic E-state index is -0.0326. The van der Waals surface area contributed by atoms with Crippen molar-refractivity contribution in [2.24, 2.45) is 0 Å². The lowest BCUT2D eigenvalue weighted by molar-refractivity contribution is 0.554. The molecule has 0 spiro atoms. The van der Waals surface area contributed by atoms with E-state index in [9.17, 15) is 4.79 Å². The van der Waals surface area contributed by atoms with Gasteiger partial charge in [0.1, 0.15) is 4.47 Å². The van der Waals surface area contributed by atoms with Crippen LogP contribution in [0.5, 0.6) is 0 Å². The Bertz CT molecular complexity index is 511. The van der Waals surface area contributed by atoms with Gasteiger partial charge in [-0.3, -0.25) is 4.79 Å². The Kier molecular flexibility index (Phi) is 6.23. The van der Waals surface area contributed by atoms with Crippen molar-refractivity contribution in [1.82, 2.24) is 15.1 Å². The van der Waals surface area contributed by atoms with Gasteiger partial charge < -0.3 is 10.2 Å². The summed E-state index contributed by atoms with van der Waals surface area (Å²) in [6.45, 7) is 7.85. The number of hydrogen-bond acceptors (Lipinski definition) is 4. The molecule has 0 aromatic carbocycles. The molecule has 0 saturated carbocycles. The molecule has 1 aliphatic rings. The molecule has 1 fully saturated rings. The number of rotatable bonds is 7. The lowest BCUT2D eigenvalue weighted by atomic mass is 10.2. The normalized spacial score (nSPS) is 18.1. The first kappa shape index (κ1) is 16.5. The molecule has 118 valence electrons. The zero-order chi connectivity index (χ0) is 15.2. The number of anilines is 1. The van der Waals surface area contributed by atoms with E-state index in [2.05, 4.69) is 38.2 Å². The van der Waals surface area contributed by atoms with Gasteiger partial charge in [-0.15, -0.1) is 0 Å². The summed E-state index contributed by atoms with van der Waals surface area (Å²) < 4.78 is 2.17. The van der Waals surface area contributed by atoms with Crippen molar-refractivity contribution in [1.29, 1.82) is 0 Å². The highest BCUT2D eigenvalue weighted by Crippen LogP contribution is 2.23. The fraction of sp³-hybridized carbons (Fsp3) is 0.733. The van der Waals surface area contributed by atoms with Gasteiger partial charge in [-0.2, -0.15) is 5.10 Å². The zero-order valence-corrected chi connectivity index (χ0v) is 14.5. The van der Waals surface area contributed by atoms with Crippen LogP contribution in [0, 0.1) is 0 Å². The van der Waals surface area contributed by atoms with Crippen LogP contribution in [0.3, 0.4) is 0 Å². The van der Waals surface area contributed by atoms with Gasteiger partial charge in [0, 0.05) is 25.7 Å². The number of hydrogen-bond donors (Lipinski definition) is 1. The van der Waals surface area contributed by atoms with Crippen LogP contribution in [-0.4, -0.2) is 35.5 Å². The monoisotopic (exact) mass is 356 g/mol. The Morgan fingerprint density at radius 2 is 2.29 bits per heavy atom. The molecule has 6 heteroatoms. The lowest BCUT2D eigenvalue weighted by Crippen LogP contribution is -2.39. The standard InChI is InChI=1S/C15H25BrN4O/c1-3-8-19(11-12-6-5-7-17-12)13-10-18-20(9-4-2)15(21)14(13)16/h10,12,17H,3-9,11H2,1-2H3. The van der Waals surface area contributed by atoms with Crippen LogP contribution in [0.2, 0.25) is 0 Å². The highest BCUT2D eigenvalue weighted by atomic mass is 79.9. The van der Waals surface area contributed by atoms with Gasteiger partial charge in [0.2, 0.25) is 0 Å². The number of aryl methyl sites for hydroxylation is 1. The Balaban J connectivity index is 2.22. The van der Waals surface area contributed by atoms with Crippen molar-refractivity contribution >= 4 is 21.6 Å². The Morgan fingerprint density at radius 1 is 1.48 bits per heavy atom. The van der Waals surface area contributed by atoms with Crippen LogP contribution in [0.1, 0.15) is 39.5 Å². The maximum absolute atomic E-state index is 12.3. The molecule has 5 nitrogen and oxygen atoms in total. The number of nitrogens with zero attached hydrogens (tertiary/aromatic N) is 3. The minimum absolute atomic E-state index is 0.0326. The van der Waals surface area contributed by atoms with Crippen LogP contribution >= 0.6 is 15.9 Å². The molecule has 0 amide bonds. The average molecular weight is 357 g/mol. The van der Waals surface area contributed by atoms with E-state index in [1.54, 1.807) is 0 Å². The second-order valence-electron chi connectivity index (χ2n) is 5.61. The summed E-state index contributed by atoms with van der Waals surface area (Å²) in [6, 6.07) is 0.515. The Morgan fingerprint density at radius 3 is 2.90 bits per heavy atom. The molecule has 1 saturated heterocycles. The van der Waals surface area contributed by atoms with Crippen LogP contribution in [0.4, 0.5) is 5.69 Å². The molecule has 0 radical (unpaired) electrons. The third kappa shape index (κ3) is 4.07. The third-order valence-corrected chi connectivity index (χ3v) is 4.58. The van der Waals surface area contributed by atoms with Gasteiger partial charge in [-0.25, -0.2) is 4.68 Å². The zero-order valence-electron chi connectivity index (χ0n) is 12.9. The lowest BCUT2D eigenvalue weighted by Gasteiger charge is -2.28. The summed E-state index contributed by atoms with van der Waals surface area (Å²) >= 11 is 3.49. The fourth-order valence-corrected chi connectivity index (χ4v) is 3.36. The van der Waals surface area contributed by atoms with E-state index < -0.39 is 0 Å². The van der Waals surface area contributed by atoms with E-state index in [1.807, 2.05) is 13.1 Å². The summed E-state index contributed by atoms with van der Waals surface area (Å²) in [6.07, 6.45) is 6.23. The summed E-state index contributed by atoms with van der Waals surface area (Å²) in [5.41, 5.74) is 0.887. The molecule has 21 heavy (non-hydrogen) atoms. The number of halogens is 1. The van der Waals surface area contributed by atoms with Crippen molar-refractivity contribution in [3.05, 3.63) is 21.0 Å². The molecule has 1 unspecified atom stereocenters. The molecule has 1 N–H and O–H groups in total. The van der Waals surface area contributed by atoms with Crippen molar-refractivity contribution < 1.29 is 0 Å². The third-order valence-electron chi connectivity index (χ3n) is 3.84. The van der Waals surface area contributed by atoms with Gasteiger partial charge in [0.25, 0.3) is 5.56 Å². The van der Waals surface area contributed by atoms with Gasteiger partial charge in [0.05, 0.1) is 11.9 Å². The van der Waals surface area contributed by atoms with E-state index in [1.165, 1.54) is 17.5 Å². The van der Waals surface area contributed by atoms with Crippen LogP contribution in [0.25, 0.3) is 0 Å². The average Bonchev–Trinajstić information content (AvgIpc) is 2.97. The number of aromatic nitrogens is 2. The molecule has 1 aromatic heterocycles. The summed E-state index contributed by atoms with van der Waals surface area (Å²) in [7, 11) is 0. The molecule has 1 atom stereocenters. The first-order valence-electron chi connectivity index (χ1n) is 7.91.